The van der Waals surface area contributed by atoms with Crippen LogP contribution in [0.3, 0.4) is 0 Å². The van der Waals surface area contributed by atoms with E-state index in [-0.39, 0.29) is 16.4 Å². The number of amides is 1. The van der Waals surface area contributed by atoms with E-state index < -0.39 is 5.91 Å². The third-order valence-electron chi connectivity index (χ3n) is 2.44. The van der Waals surface area contributed by atoms with Gasteiger partial charge in [0.25, 0.3) is 5.91 Å². The molecule has 100 valence electrons. The smallest absolute Gasteiger partial charge is 0.276 e. The molecule has 0 aliphatic heterocycles. The van der Waals surface area contributed by atoms with Gasteiger partial charge in [0.2, 0.25) is 0 Å². The molecule has 3 N–H and O–H groups in total. The summed E-state index contributed by atoms with van der Waals surface area (Å²) >= 11 is 17.7. The Morgan fingerprint density at radius 2 is 1.89 bits per heavy atom. The first-order chi connectivity index (χ1) is 8.90. The molecule has 19 heavy (non-hydrogen) atoms. The number of rotatable bonds is 2. The largest absolute Gasteiger partial charge is 0.396 e. The van der Waals surface area contributed by atoms with Gasteiger partial charge >= 0.3 is 0 Å². The Morgan fingerprint density at radius 1 is 1.26 bits per heavy atom. The van der Waals surface area contributed by atoms with Crippen LogP contribution < -0.4 is 11.1 Å². The third-order valence-corrected chi connectivity index (χ3v) is 3.48. The van der Waals surface area contributed by atoms with E-state index in [4.69, 9.17) is 40.5 Å². The van der Waals surface area contributed by atoms with Crippen LogP contribution in [0.5, 0.6) is 0 Å². The number of nitrogens with one attached hydrogen (secondary N) is 1. The van der Waals surface area contributed by atoms with Crippen molar-refractivity contribution in [1.29, 1.82) is 0 Å². The SMILES string of the molecule is Cn1ncc(N)c1C(=O)Nc1cc(Cl)c(Cl)cc1Cl. The fraction of sp³-hybridized carbons (Fsp3) is 0.0909. The molecule has 8 heteroatoms. The van der Waals surface area contributed by atoms with Gasteiger partial charge in [-0.2, -0.15) is 5.10 Å². The molecule has 1 amide bonds. The van der Waals surface area contributed by atoms with E-state index in [1.54, 1.807) is 7.05 Å². The number of carbonyl (C=O) groups is 1. The predicted octanol–water partition coefficient (Wildman–Crippen LogP) is 3.21. The summed E-state index contributed by atoms with van der Waals surface area (Å²) in [6.45, 7) is 0. The van der Waals surface area contributed by atoms with Gasteiger partial charge in [0, 0.05) is 7.05 Å². The number of anilines is 2. The standard InChI is InChI=1S/C11H9Cl3N4O/c1-18-10(8(15)4-16-18)11(19)17-9-3-6(13)5(12)2-7(9)14/h2-4H,15H2,1H3,(H,17,19). The average molecular weight is 320 g/mol. The van der Waals surface area contributed by atoms with Crippen molar-refractivity contribution in [2.24, 2.45) is 7.05 Å². The Morgan fingerprint density at radius 3 is 2.47 bits per heavy atom. The second kappa shape index (κ2) is 5.28. The molecule has 0 aliphatic carbocycles. The van der Waals surface area contributed by atoms with Gasteiger partial charge in [-0.05, 0) is 12.1 Å². The Balaban J connectivity index is 2.32. The van der Waals surface area contributed by atoms with Crippen molar-refractivity contribution in [3.63, 3.8) is 0 Å². The van der Waals surface area contributed by atoms with Gasteiger partial charge in [-0.3, -0.25) is 9.48 Å². The molecule has 1 heterocycles. The molecule has 1 aromatic heterocycles. The molecule has 0 unspecified atom stereocenters. The van der Waals surface area contributed by atoms with Crippen LogP contribution in [-0.4, -0.2) is 15.7 Å². The van der Waals surface area contributed by atoms with E-state index in [0.717, 1.165) is 0 Å². The zero-order chi connectivity index (χ0) is 14.2. The van der Waals surface area contributed by atoms with Gasteiger partial charge in [-0.25, -0.2) is 0 Å². The summed E-state index contributed by atoms with van der Waals surface area (Å²) in [5.74, 6) is -0.433. The zero-order valence-corrected chi connectivity index (χ0v) is 12.0. The van der Waals surface area contributed by atoms with Crippen LogP contribution in [0.4, 0.5) is 11.4 Å². The maximum Gasteiger partial charge on any atom is 0.276 e. The van der Waals surface area contributed by atoms with Crippen LogP contribution in [-0.2, 0) is 7.05 Å². The molecule has 2 rings (SSSR count). The molecule has 0 saturated carbocycles. The molecular formula is C11H9Cl3N4O. The molecule has 2 aromatic rings. The second-order valence-electron chi connectivity index (χ2n) is 3.77. The first-order valence-electron chi connectivity index (χ1n) is 5.13. The molecule has 0 spiro atoms. The highest BCUT2D eigenvalue weighted by Crippen LogP contribution is 2.32. The quantitative estimate of drug-likeness (QED) is 0.835. The minimum atomic E-state index is -0.433. The van der Waals surface area contributed by atoms with Gasteiger partial charge in [-0.15, -0.1) is 0 Å². The Kier molecular flexibility index (Phi) is 3.89. The first kappa shape index (κ1) is 14.0. The van der Waals surface area contributed by atoms with Crippen molar-refractivity contribution < 1.29 is 4.79 Å². The van der Waals surface area contributed by atoms with Crippen LogP contribution in [0.25, 0.3) is 0 Å². The Labute approximate surface area is 124 Å². The van der Waals surface area contributed by atoms with Crippen LogP contribution >= 0.6 is 34.8 Å². The van der Waals surface area contributed by atoms with E-state index in [9.17, 15) is 4.79 Å². The minimum Gasteiger partial charge on any atom is -0.396 e. The summed E-state index contributed by atoms with van der Waals surface area (Å²) in [7, 11) is 1.61. The van der Waals surface area contributed by atoms with Crippen LogP contribution in [0, 0.1) is 0 Å². The lowest BCUT2D eigenvalue weighted by Crippen LogP contribution is -2.17. The van der Waals surface area contributed by atoms with Crippen molar-refractivity contribution >= 4 is 52.1 Å². The monoisotopic (exact) mass is 318 g/mol. The fourth-order valence-corrected chi connectivity index (χ4v) is 2.13. The predicted molar refractivity (Wildman–Crippen MR) is 77.0 cm³/mol. The summed E-state index contributed by atoms with van der Waals surface area (Å²) in [6.07, 6.45) is 1.39. The minimum absolute atomic E-state index is 0.238. The molecule has 0 radical (unpaired) electrons. The fourth-order valence-electron chi connectivity index (χ4n) is 1.53. The third kappa shape index (κ3) is 2.78. The number of aromatic nitrogens is 2. The van der Waals surface area contributed by atoms with E-state index in [1.165, 1.54) is 23.0 Å². The molecule has 1 aromatic carbocycles. The number of hydrogen-bond donors (Lipinski definition) is 2. The van der Waals surface area contributed by atoms with Crippen LogP contribution in [0.2, 0.25) is 15.1 Å². The van der Waals surface area contributed by atoms with Crippen molar-refractivity contribution in [3.05, 3.63) is 39.1 Å². The molecule has 0 fully saturated rings. The maximum atomic E-state index is 12.1. The summed E-state index contributed by atoms with van der Waals surface area (Å²) in [6, 6.07) is 2.92. The summed E-state index contributed by atoms with van der Waals surface area (Å²) in [4.78, 5) is 12.1. The Hall–Kier alpha value is -1.43. The van der Waals surface area contributed by atoms with Crippen molar-refractivity contribution in [3.8, 4) is 0 Å². The number of nitrogens with zero attached hydrogens (tertiary/aromatic N) is 2. The van der Waals surface area contributed by atoms with Crippen LogP contribution in [0.15, 0.2) is 18.3 Å². The van der Waals surface area contributed by atoms with Crippen molar-refractivity contribution in [1.82, 2.24) is 9.78 Å². The highest BCUT2D eigenvalue weighted by atomic mass is 35.5. The van der Waals surface area contributed by atoms with Gasteiger partial charge in [0.15, 0.2) is 0 Å². The molecule has 0 bridgehead atoms. The second-order valence-corrected chi connectivity index (χ2v) is 4.99. The number of halogens is 3. The van der Waals surface area contributed by atoms with Gasteiger partial charge in [0.1, 0.15) is 5.69 Å². The molecule has 0 atom stereocenters. The Bertz CT molecular complexity index is 634. The molecule has 0 aliphatic rings. The van der Waals surface area contributed by atoms with Gasteiger partial charge in [0.05, 0.1) is 32.6 Å². The lowest BCUT2D eigenvalue weighted by Gasteiger charge is -2.09. The van der Waals surface area contributed by atoms with E-state index in [0.29, 0.717) is 15.7 Å². The van der Waals surface area contributed by atoms with E-state index in [1.807, 2.05) is 0 Å². The van der Waals surface area contributed by atoms with E-state index in [2.05, 4.69) is 10.4 Å². The normalized spacial score (nSPS) is 10.5. The number of aryl methyl sites for hydroxylation is 1. The number of hydrogen-bond acceptors (Lipinski definition) is 3. The summed E-state index contributed by atoms with van der Waals surface area (Å²) in [5, 5.41) is 7.37. The average Bonchev–Trinajstić information content (AvgIpc) is 2.66. The highest BCUT2D eigenvalue weighted by molar-refractivity contribution is 6.44. The number of nitrogen functional groups attached to an aromatic ring is 1. The lowest BCUT2D eigenvalue weighted by atomic mass is 10.3. The van der Waals surface area contributed by atoms with Crippen LogP contribution in [0.1, 0.15) is 10.5 Å². The van der Waals surface area contributed by atoms with Crippen molar-refractivity contribution in [2.45, 2.75) is 0 Å². The van der Waals surface area contributed by atoms with Gasteiger partial charge in [-0.1, -0.05) is 34.8 Å². The highest BCUT2D eigenvalue weighted by Gasteiger charge is 2.17. The summed E-state index contributed by atoms with van der Waals surface area (Å²) in [5.41, 5.74) is 6.52. The lowest BCUT2D eigenvalue weighted by molar-refractivity contribution is 0.101. The molecular weight excluding hydrogens is 311 g/mol. The van der Waals surface area contributed by atoms with Gasteiger partial charge < -0.3 is 11.1 Å². The maximum absolute atomic E-state index is 12.1. The first-order valence-corrected chi connectivity index (χ1v) is 6.27. The number of benzene rings is 1. The number of carbonyl (C=O) groups excluding carboxylic acids is 1. The van der Waals surface area contributed by atoms with Crippen molar-refractivity contribution in [2.75, 3.05) is 11.1 Å². The molecule has 0 saturated heterocycles. The molecule has 5 nitrogen and oxygen atoms in total. The number of nitrogens with two attached hydrogens (primary N) is 1. The van der Waals surface area contributed by atoms with E-state index >= 15 is 0 Å². The topological polar surface area (TPSA) is 72.9 Å². The summed E-state index contributed by atoms with van der Waals surface area (Å²) < 4.78 is 1.37. The zero-order valence-electron chi connectivity index (χ0n) is 9.75.